The maximum Gasteiger partial charge on any atom is 0.407 e. The molecular weight excluding hydrogens is 1110 g/mol. The molecule has 1 spiro atoms. The number of carbonyl (C=O) groups excluding carboxylic acids is 5. The SMILES string of the molecule is COC(=O)NC1C(C)OC(OC2CC=C(C)C3C=CC4C(OC5CC(OC6CCC(OC7CC(O)C(O)C(C)O7)C(C)O6)C(OC(C)=O)C(C)O5)C(C)CC(C)C4C3(C)C(O)=C3C(=O)OC4(CC(C=O)=CC(O)C4C=C2C)C3=O)CC1(C)N(O)O. The first-order chi connectivity index (χ1) is 40.0. The third-order valence-corrected chi connectivity index (χ3v) is 19.9. The fourth-order valence-electron chi connectivity index (χ4n) is 15.5. The van der Waals surface area contributed by atoms with Crippen molar-refractivity contribution in [1.82, 2.24) is 10.5 Å². The number of hydrogen-bond acceptors (Lipinski definition) is 23. The summed E-state index contributed by atoms with van der Waals surface area (Å²) in [6, 6.07) is -0.995. The summed E-state index contributed by atoms with van der Waals surface area (Å²) in [4.78, 5) is 67.8. The molecule has 24 nitrogen and oxygen atoms in total. The van der Waals surface area contributed by atoms with Crippen LogP contribution in [0.1, 0.15) is 128 Å². The standard InChI is InChI=1S/C61H88N2O22/c1-27-13-16-42(81-48-25-59(10,63(73)74)54(34(8)79-48)62-58(72)75-12)28(2)20-39-40(66)21-36(26-64)24-61(39)56(70)49(57(71)85-61)55(69)60(11)38(27)15-14-37-50(60)29(3)19-30(4)52(37)84-47-23-44(53(33(7)78-47)80-35(9)65)83-45-18-17-43(31(5)76-45)82-46-22-41(67)51(68)32(6)77-46/h13-15,20-21,26,29-34,37-48,50-54,66-69,73-74H,16-19,22-25H2,1-12H3,(H,62,72). The highest BCUT2D eigenvalue weighted by Gasteiger charge is 2.65. The molecule has 474 valence electrons. The Morgan fingerprint density at radius 3 is 2.11 bits per heavy atom. The van der Waals surface area contributed by atoms with Crippen LogP contribution in [0.4, 0.5) is 4.79 Å². The average molecular weight is 1200 g/mol. The summed E-state index contributed by atoms with van der Waals surface area (Å²) in [7, 11) is 1.18. The van der Waals surface area contributed by atoms with Gasteiger partial charge in [-0.2, -0.15) is 0 Å². The largest absolute Gasteiger partial charge is 0.511 e. The Balaban J connectivity index is 1.03. The number of esters is 2. The van der Waals surface area contributed by atoms with Crippen molar-refractivity contribution < 1.29 is 107 Å². The van der Waals surface area contributed by atoms with Gasteiger partial charge >= 0.3 is 18.0 Å². The third-order valence-electron chi connectivity index (χ3n) is 19.9. The molecule has 5 aliphatic heterocycles. The number of allylic oxidation sites excluding steroid dienone is 3. The van der Waals surface area contributed by atoms with Crippen molar-refractivity contribution in [2.45, 2.75) is 243 Å². The van der Waals surface area contributed by atoms with Gasteiger partial charge in [-0.15, -0.1) is 0 Å². The van der Waals surface area contributed by atoms with Crippen LogP contribution in [0.3, 0.4) is 0 Å². The quantitative estimate of drug-likeness (QED) is 0.0327. The van der Waals surface area contributed by atoms with Gasteiger partial charge in [-0.1, -0.05) is 55.9 Å². The summed E-state index contributed by atoms with van der Waals surface area (Å²) in [6.45, 7) is 19.3. The predicted molar refractivity (Wildman–Crippen MR) is 295 cm³/mol. The van der Waals surface area contributed by atoms with E-state index in [2.05, 4.69) is 25.2 Å². The van der Waals surface area contributed by atoms with Crippen molar-refractivity contribution in [3.05, 3.63) is 58.4 Å². The van der Waals surface area contributed by atoms with Crippen molar-refractivity contribution >= 4 is 30.1 Å². The Morgan fingerprint density at radius 1 is 0.776 bits per heavy atom. The first-order valence-corrected chi connectivity index (χ1v) is 29.9. The highest BCUT2D eigenvalue weighted by molar-refractivity contribution is 6.26. The van der Waals surface area contributed by atoms with Crippen molar-refractivity contribution in [3.63, 3.8) is 0 Å². The molecule has 24 heteroatoms. The second kappa shape index (κ2) is 25.5. The van der Waals surface area contributed by atoms with Crippen molar-refractivity contribution in [2.75, 3.05) is 7.11 Å². The molecule has 2 bridgehead atoms. The minimum absolute atomic E-state index is 0.00937. The van der Waals surface area contributed by atoms with Gasteiger partial charge in [0.25, 0.3) is 0 Å². The molecule has 0 radical (unpaired) electrons. The molecule has 0 aromatic rings. The maximum absolute atomic E-state index is 15.5. The average Bonchev–Trinajstić information content (AvgIpc) is 1.74. The number of rotatable bonds is 12. The number of aliphatic hydroxyl groups excluding tert-OH is 4. The van der Waals surface area contributed by atoms with Crippen LogP contribution in [-0.2, 0) is 71.3 Å². The number of fused-ring (bicyclic) bond motifs is 4. The minimum atomic E-state index is -2.18. The van der Waals surface area contributed by atoms with Gasteiger partial charge < -0.3 is 77.8 Å². The van der Waals surface area contributed by atoms with Crippen LogP contribution in [0.15, 0.2) is 58.4 Å². The highest BCUT2D eigenvalue weighted by Crippen LogP contribution is 2.61. The predicted octanol–water partition coefficient (Wildman–Crippen LogP) is 5.25. The Bertz CT molecular complexity index is 2660. The first-order valence-electron chi connectivity index (χ1n) is 29.9. The molecule has 26 unspecified atom stereocenters. The molecule has 85 heavy (non-hydrogen) atoms. The zero-order chi connectivity index (χ0) is 61.9. The number of methoxy groups -OCH3 is 1. The van der Waals surface area contributed by atoms with E-state index in [4.69, 9.17) is 52.1 Å². The number of Topliss-reactive ketones (excluding diaryl/α,β-unsaturated/α-hetero) is 1. The molecule has 6 fully saturated rings. The van der Waals surface area contributed by atoms with Crippen molar-refractivity contribution in [3.8, 4) is 0 Å². The molecule has 5 heterocycles. The normalized spacial score (nSPS) is 45.9. The van der Waals surface area contributed by atoms with Gasteiger partial charge in [0.15, 0.2) is 36.9 Å². The number of ketones is 1. The van der Waals surface area contributed by atoms with E-state index in [0.717, 1.165) is 5.57 Å². The van der Waals surface area contributed by atoms with Crippen LogP contribution in [-0.4, -0.2) is 189 Å². The number of aliphatic hydroxyl groups is 4. The van der Waals surface area contributed by atoms with E-state index >= 15 is 4.79 Å². The second-order valence-electron chi connectivity index (χ2n) is 25.7. The fourth-order valence-corrected chi connectivity index (χ4v) is 15.5. The van der Waals surface area contributed by atoms with Crippen LogP contribution in [0.25, 0.3) is 0 Å². The molecule has 0 aromatic carbocycles. The number of ether oxygens (including phenoxy) is 11. The molecule has 9 aliphatic rings. The molecular formula is C61H88N2O22. The summed E-state index contributed by atoms with van der Waals surface area (Å²) < 4.78 is 68.7. The zero-order valence-corrected chi connectivity index (χ0v) is 50.6. The molecule has 1 saturated carbocycles. The van der Waals surface area contributed by atoms with E-state index in [-0.39, 0.29) is 48.3 Å². The summed E-state index contributed by atoms with van der Waals surface area (Å²) >= 11 is 0. The van der Waals surface area contributed by atoms with Gasteiger partial charge in [-0.25, -0.2) is 9.59 Å². The van der Waals surface area contributed by atoms with Gasteiger partial charge in [0, 0.05) is 56.3 Å². The van der Waals surface area contributed by atoms with Gasteiger partial charge in [-0.05, 0) is 103 Å². The van der Waals surface area contributed by atoms with Crippen LogP contribution in [0.2, 0.25) is 0 Å². The third kappa shape index (κ3) is 12.5. The lowest BCUT2D eigenvalue weighted by Crippen LogP contribution is -2.68. The van der Waals surface area contributed by atoms with Gasteiger partial charge in [0.05, 0.1) is 79.5 Å². The number of amides is 1. The van der Waals surface area contributed by atoms with E-state index in [1.165, 1.54) is 27.0 Å². The number of aldehydes is 1. The van der Waals surface area contributed by atoms with Crippen molar-refractivity contribution in [1.29, 1.82) is 0 Å². The summed E-state index contributed by atoms with van der Waals surface area (Å²) in [5, 5.41) is 69.7. The molecule has 9 rings (SSSR count). The van der Waals surface area contributed by atoms with Crippen LogP contribution in [0, 0.1) is 40.9 Å². The number of hydrogen-bond donors (Lipinski definition) is 7. The fraction of sp³-hybridized carbons (Fsp3) is 0.754. The summed E-state index contributed by atoms with van der Waals surface area (Å²) in [5.41, 5.74) is -4.56. The summed E-state index contributed by atoms with van der Waals surface area (Å²) in [5.74, 6) is -6.29. The van der Waals surface area contributed by atoms with Crippen LogP contribution in [0.5, 0.6) is 0 Å². The van der Waals surface area contributed by atoms with Gasteiger partial charge in [-0.3, -0.25) is 24.8 Å². The number of nitrogens with one attached hydrogen (secondary N) is 1. The number of nitrogens with zero attached hydrogens (tertiary/aromatic N) is 1. The topological polar surface area (TPSA) is 324 Å². The van der Waals surface area contributed by atoms with Gasteiger partial charge in [0.1, 0.15) is 29.8 Å². The lowest BCUT2D eigenvalue weighted by atomic mass is 9.49. The second-order valence-corrected chi connectivity index (χ2v) is 25.7. The Morgan fingerprint density at radius 2 is 1.45 bits per heavy atom. The number of carbonyl (C=O) groups is 5. The smallest absolute Gasteiger partial charge is 0.407 e. The molecule has 7 N–H and O–H groups in total. The van der Waals surface area contributed by atoms with Gasteiger partial charge in [0.2, 0.25) is 5.78 Å². The van der Waals surface area contributed by atoms with E-state index < -0.39 is 186 Å². The van der Waals surface area contributed by atoms with E-state index in [0.29, 0.717) is 31.1 Å². The zero-order valence-electron chi connectivity index (χ0n) is 50.6. The van der Waals surface area contributed by atoms with E-state index in [1.54, 1.807) is 33.8 Å². The molecule has 5 saturated heterocycles. The van der Waals surface area contributed by atoms with Crippen LogP contribution >= 0.6 is 0 Å². The molecule has 1 amide bonds. The first kappa shape index (κ1) is 64.9. The molecule has 26 atom stereocenters. The van der Waals surface area contributed by atoms with Crippen molar-refractivity contribution in [2.24, 2.45) is 40.9 Å². The molecule has 4 aliphatic carbocycles. The number of hydroxylamine groups is 2. The maximum atomic E-state index is 15.5. The highest BCUT2D eigenvalue weighted by atomic mass is 16.8. The Hall–Kier alpha value is -4.51. The monoisotopic (exact) mass is 1200 g/mol. The lowest BCUT2D eigenvalue weighted by Gasteiger charge is -2.56. The Labute approximate surface area is 495 Å². The molecule has 0 aromatic heterocycles. The Kier molecular flexibility index (Phi) is 19.5. The summed E-state index contributed by atoms with van der Waals surface area (Å²) in [6.07, 6.45) is -3.46. The van der Waals surface area contributed by atoms with Crippen LogP contribution < -0.4 is 5.32 Å². The number of alkyl carbamates (subject to hydrolysis) is 1. The van der Waals surface area contributed by atoms with E-state index in [1.807, 2.05) is 32.9 Å². The van der Waals surface area contributed by atoms with E-state index in [9.17, 15) is 50.0 Å². The lowest BCUT2D eigenvalue weighted by molar-refractivity contribution is -0.390. The minimum Gasteiger partial charge on any atom is -0.511 e.